The number of rotatable bonds is 5. The molecule has 6 nitrogen and oxygen atoms in total. The molecule has 2 amide bonds. The second kappa shape index (κ2) is 6.69. The number of ketones is 1. The maximum atomic E-state index is 11.8. The van der Waals surface area contributed by atoms with E-state index in [0.717, 1.165) is 12.2 Å². The monoisotopic (exact) mass is 287 g/mol. The van der Waals surface area contributed by atoms with E-state index in [4.69, 9.17) is 4.42 Å². The van der Waals surface area contributed by atoms with Crippen molar-refractivity contribution in [3.8, 4) is 0 Å². The summed E-state index contributed by atoms with van der Waals surface area (Å²) in [6.07, 6.45) is 2.41. The molecule has 21 heavy (non-hydrogen) atoms. The van der Waals surface area contributed by atoms with Crippen LogP contribution in [0.4, 0.5) is 10.5 Å². The van der Waals surface area contributed by atoms with Crippen molar-refractivity contribution in [2.75, 3.05) is 5.32 Å². The van der Waals surface area contributed by atoms with Gasteiger partial charge in [0.15, 0.2) is 5.78 Å². The molecular formula is C15H17N3O3. The molecule has 1 heterocycles. The molecule has 0 fully saturated rings. The molecule has 0 unspecified atom stereocenters. The molecule has 6 heteroatoms. The number of Topliss-reactive ketones (excluding diaryl/α,β-unsaturated/α-hetero) is 1. The van der Waals surface area contributed by atoms with Gasteiger partial charge in [-0.25, -0.2) is 9.78 Å². The van der Waals surface area contributed by atoms with Crippen molar-refractivity contribution in [2.45, 2.75) is 26.8 Å². The summed E-state index contributed by atoms with van der Waals surface area (Å²) < 4.78 is 5.39. The lowest BCUT2D eigenvalue weighted by atomic mass is 10.1. The van der Waals surface area contributed by atoms with E-state index in [1.807, 2.05) is 6.92 Å². The van der Waals surface area contributed by atoms with Crippen molar-refractivity contribution in [1.82, 2.24) is 10.3 Å². The van der Waals surface area contributed by atoms with E-state index in [0.29, 0.717) is 17.1 Å². The van der Waals surface area contributed by atoms with Crippen molar-refractivity contribution in [3.63, 3.8) is 0 Å². The fourth-order valence-corrected chi connectivity index (χ4v) is 1.74. The zero-order chi connectivity index (χ0) is 15.2. The maximum Gasteiger partial charge on any atom is 0.319 e. The van der Waals surface area contributed by atoms with Crippen LogP contribution in [-0.2, 0) is 13.0 Å². The number of carbonyl (C=O) groups is 2. The van der Waals surface area contributed by atoms with Crippen molar-refractivity contribution >= 4 is 17.5 Å². The van der Waals surface area contributed by atoms with Crippen LogP contribution >= 0.6 is 0 Å². The molecule has 0 saturated carbocycles. The largest absolute Gasteiger partial charge is 0.444 e. The van der Waals surface area contributed by atoms with Gasteiger partial charge in [0, 0.05) is 17.7 Å². The number of nitrogens with one attached hydrogen (secondary N) is 2. The van der Waals surface area contributed by atoms with Gasteiger partial charge in [-0.1, -0.05) is 19.1 Å². The van der Waals surface area contributed by atoms with E-state index in [-0.39, 0.29) is 18.4 Å². The number of aromatic nitrogens is 1. The van der Waals surface area contributed by atoms with Gasteiger partial charge in [-0.2, -0.15) is 0 Å². The fraction of sp³-hybridized carbons (Fsp3) is 0.267. The highest BCUT2D eigenvalue weighted by molar-refractivity contribution is 5.96. The Labute approximate surface area is 122 Å². The topological polar surface area (TPSA) is 84.2 Å². The molecule has 0 radical (unpaired) electrons. The van der Waals surface area contributed by atoms with E-state index in [2.05, 4.69) is 15.6 Å². The molecule has 0 saturated heterocycles. The number of nitrogens with zero attached hydrogens (tertiary/aromatic N) is 1. The Morgan fingerprint density at radius 3 is 2.81 bits per heavy atom. The Morgan fingerprint density at radius 2 is 2.14 bits per heavy atom. The second-order valence-corrected chi connectivity index (χ2v) is 4.52. The highest BCUT2D eigenvalue weighted by Gasteiger charge is 2.07. The predicted molar refractivity (Wildman–Crippen MR) is 78.2 cm³/mol. The van der Waals surface area contributed by atoms with E-state index >= 15 is 0 Å². The summed E-state index contributed by atoms with van der Waals surface area (Å²) in [6.45, 7) is 3.65. The third kappa shape index (κ3) is 4.17. The lowest BCUT2D eigenvalue weighted by Crippen LogP contribution is -2.28. The van der Waals surface area contributed by atoms with Gasteiger partial charge in [-0.3, -0.25) is 4.79 Å². The minimum atomic E-state index is -0.382. The molecule has 0 spiro atoms. The molecular weight excluding hydrogens is 270 g/mol. The van der Waals surface area contributed by atoms with Crippen molar-refractivity contribution in [2.24, 2.45) is 0 Å². The summed E-state index contributed by atoms with van der Waals surface area (Å²) in [7, 11) is 0. The quantitative estimate of drug-likeness (QED) is 0.828. The van der Waals surface area contributed by atoms with Gasteiger partial charge >= 0.3 is 6.03 Å². The van der Waals surface area contributed by atoms with Crippen LogP contribution in [0, 0.1) is 0 Å². The van der Waals surface area contributed by atoms with Gasteiger partial charge in [-0.15, -0.1) is 0 Å². The Kier molecular flexibility index (Phi) is 4.71. The summed E-state index contributed by atoms with van der Waals surface area (Å²) in [6, 6.07) is 6.37. The van der Waals surface area contributed by atoms with Gasteiger partial charge in [0.05, 0.1) is 12.7 Å². The Balaban J connectivity index is 1.89. The minimum Gasteiger partial charge on any atom is -0.444 e. The number of hydrogen-bond acceptors (Lipinski definition) is 4. The molecule has 2 N–H and O–H groups in total. The number of aryl methyl sites for hydroxylation is 1. The number of oxazole rings is 1. The summed E-state index contributed by atoms with van der Waals surface area (Å²) >= 11 is 0. The van der Waals surface area contributed by atoms with Gasteiger partial charge in [-0.05, 0) is 19.1 Å². The van der Waals surface area contributed by atoms with Gasteiger partial charge in [0.1, 0.15) is 5.76 Å². The number of hydrogen-bond donors (Lipinski definition) is 2. The first-order valence-electron chi connectivity index (χ1n) is 6.68. The Morgan fingerprint density at radius 1 is 1.33 bits per heavy atom. The lowest BCUT2D eigenvalue weighted by Gasteiger charge is -2.07. The van der Waals surface area contributed by atoms with Crippen LogP contribution in [0.15, 0.2) is 34.9 Å². The third-order valence-corrected chi connectivity index (χ3v) is 2.88. The zero-order valence-electron chi connectivity index (χ0n) is 12.0. The van der Waals surface area contributed by atoms with Crippen LogP contribution in [0.5, 0.6) is 0 Å². The van der Waals surface area contributed by atoms with Crippen molar-refractivity contribution < 1.29 is 14.0 Å². The standard InChI is InChI=1S/C15H17N3O3/c1-3-13-8-16-14(21-13)9-17-15(20)18-12-6-4-5-11(7-12)10(2)19/h4-8H,3,9H2,1-2H3,(H2,17,18,20). The average molecular weight is 287 g/mol. The highest BCUT2D eigenvalue weighted by atomic mass is 16.4. The Hall–Kier alpha value is -2.63. The number of benzene rings is 1. The molecule has 0 atom stereocenters. The van der Waals surface area contributed by atoms with Crippen LogP contribution in [0.25, 0.3) is 0 Å². The fourth-order valence-electron chi connectivity index (χ4n) is 1.74. The van der Waals surface area contributed by atoms with E-state index < -0.39 is 0 Å². The third-order valence-electron chi connectivity index (χ3n) is 2.88. The maximum absolute atomic E-state index is 11.8. The van der Waals surface area contributed by atoms with Crippen LogP contribution in [0.2, 0.25) is 0 Å². The summed E-state index contributed by atoms with van der Waals surface area (Å²) in [5.74, 6) is 1.19. The van der Waals surface area contributed by atoms with E-state index in [9.17, 15) is 9.59 Å². The van der Waals surface area contributed by atoms with Crippen LogP contribution in [-0.4, -0.2) is 16.8 Å². The molecule has 2 aromatic rings. The summed E-state index contributed by atoms with van der Waals surface area (Å²) in [5, 5.41) is 5.30. The van der Waals surface area contributed by atoms with Gasteiger partial charge in [0.2, 0.25) is 5.89 Å². The number of anilines is 1. The predicted octanol–water partition coefficient (Wildman–Crippen LogP) is 2.76. The molecule has 0 aliphatic carbocycles. The molecule has 1 aromatic heterocycles. The SMILES string of the molecule is CCc1cnc(CNC(=O)Nc2cccc(C(C)=O)c2)o1. The normalized spacial score (nSPS) is 10.2. The first-order valence-corrected chi connectivity index (χ1v) is 6.68. The minimum absolute atomic E-state index is 0.0501. The first-order chi connectivity index (χ1) is 10.1. The molecule has 1 aromatic carbocycles. The summed E-state index contributed by atoms with van der Waals surface area (Å²) in [4.78, 5) is 27.1. The zero-order valence-corrected chi connectivity index (χ0v) is 12.0. The van der Waals surface area contributed by atoms with Crippen LogP contribution < -0.4 is 10.6 Å². The molecule has 0 aliphatic heterocycles. The van der Waals surface area contributed by atoms with Crippen molar-refractivity contribution in [3.05, 3.63) is 47.7 Å². The first kappa shape index (κ1) is 14.8. The number of carbonyl (C=O) groups excluding carboxylic acids is 2. The van der Waals surface area contributed by atoms with Crippen molar-refractivity contribution in [1.29, 1.82) is 0 Å². The molecule has 0 aliphatic rings. The second-order valence-electron chi connectivity index (χ2n) is 4.52. The van der Waals surface area contributed by atoms with Crippen LogP contribution in [0.3, 0.4) is 0 Å². The number of amides is 2. The Bertz CT molecular complexity index is 649. The average Bonchev–Trinajstić information content (AvgIpc) is 2.93. The van der Waals surface area contributed by atoms with E-state index in [1.54, 1.807) is 30.5 Å². The molecule has 2 rings (SSSR count). The summed E-state index contributed by atoms with van der Waals surface area (Å²) in [5.41, 5.74) is 1.11. The lowest BCUT2D eigenvalue weighted by molar-refractivity contribution is 0.101. The molecule has 110 valence electrons. The smallest absolute Gasteiger partial charge is 0.319 e. The van der Waals surface area contributed by atoms with E-state index in [1.165, 1.54) is 6.92 Å². The van der Waals surface area contributed by atoms with Gasteiger partial charge in [0.25, 0.3) is 0 Å². The van der Waals surface area contributed by atoms with Crippen LogP contribution in [0.1, 0.15) is 35.9 Å². The van der Waals surface area contributed by atoms with Gasteiger partial charge < -0.3 is 15.1 Å². The highest BCUT2D eigenvalue weighted by Crippen LogP contribution is 2.11. The number of urea groups is 1. The molecule has 0 bridgehead atoms.